The standard InChI is InChI=1S/C18H33N3O3/c1-3-7-17(23)20-15(10-11-19)18(24)21-16(13(2)22)12-14-8-5-4-6-9-14/h14-16H,3-12,19H2,1-2H3,(H,20,23)(H,21,24)/t15?,16-/m0/s1. The van der Waals surface area contributed by atoms with Gasteiger partial charge in [-0.3, -0.25) is 14.4 Å². The zero-order valence-corrected chi connectivity index (χ0v) is 15.1. The summed E-state index contributed by atoms with van der Waals surface area (Å²) in [6.07, 6.45) is 8.08. The summed E-state index contributed by atoms with van der Waals surface area (Å²) < 4.78 is 0. The summed E-state index contributed by atoms with van der Waals surface area (Å²) in [6.45, 7) is 3.73. The van der Waals surface area contributed by atoms with Gasteiger partial charge >= 0.3 is 0 Å². The van der Waals surface area contributed by atoms with Crippen LogP contribution in [-0.4, -0.2) is 36.2 Å². The lowest BCUT2D eigenvalue weighted by atomic mass is 9.84. The van der Waals surface area contributed by atoms with Crippen LogP contribution in [0.5, 0.6) is 0 Å². The third kappa shape index (κ3) is 7.43. The number of rotatable bonds is 10. The highest BCUT2D eigenvalue weighted by Gasteiger charge is 2.27. The molecule has 1 fully saturated rings. The van der Waals surface area contributed by atoms with Gasteiger partial charge in [0.25, 0.3) is 0 Å². The largest absolute Gasteiger partial charge is 0.345 e. The molecule has 0 radical (unpaired) electrons. The number of ketones is 1. The number of hydrogen-bond acceptors (Lipinski definition) is 4. The molecule has 0 aliphatic heterocycles. The lowest BCUT2D eigenvalue weighted by molar-refractivity contribution is -0.131. The summed E-state index contributed by atoms with van der Waals surface area (Å²) in [5.41, 5.74) is 5.56. The minimum atomic E-state index is -0.665. The zero-order chi connectivity index (χ0) is 17.9. The van der Waals surface area contributed by atoms with Crippen LogP contribution in [0, 0.1) is 5.92 Å². The van der Waals surface area contributed by atoms with Gasteiger partial charge in [-0.05, 0) is 38.6 Å². The van der Waals surface area contributed by atoms with Crippen LogP contribution in [0.2, 0.25) is 0 Å². The second-order valence-electron chi connectivity index (χ2n) is 6.86. The van der Waals surface area contributed by atoms with Gasteiger partial charge in [0.2, 0.25) is 11.8 Å². The van der Waals surface area contributed by atoms with Gasteiger partial charge in [-0.15, -0.1) is 0 Å². The van der Waals surface area contributed by atoms with E-state index in [4.69, 9.17) is 5.73 Å². The minimum Gasteiger partial charge on any atom is -0.345 e. The highest BCUT2D eigenvalue weighted by molar-refractivity contribution is 5.92. The quantitative estimate of drug-likeness (QED) is 0.563. The van der Waals surface area contributed by atoms with E-state index < -0.39 is 12.1 Å². The fourth-order valence-electron chi connectivity index (χ4n) is 3.28. The first-order chi connectivity index (χ1) is 11.5. The number of carbonyl (C=O) groups excluding carboxylic acids is 3. The molecule has 0 aromatic heterocycles. The molecule has 4 N–H and O–H groups in total. The molecule has 138 valence electrons. The van der Waals surface area contributed by atoms with Crippen molar-refractivity contribution < 1.29 is 14.4 Å². The molecule has 1 aliphatic carbocycles. The summed E-state index contributed by atoms with van der Waals surface area (Å²) in [7, 11) is 0. The van der Waals surface area contributed by atoms with Crippen molar-refractivity contribution in [2.75, 3.05) is 6.54 Å². The Morgan fingerprint density at radius 3 is 2.29 bits per heavy atom. The van der Waals surface area contributed by atoms with Crippen molar-refractivity contribution in [2.45, 2.75) is 83.7 Å². The van der Waals surface area contributed by atoms with Gasteiger partial charge in [0.1, 0.15) is 6.04 Å². The predicted molar refractivity (Wildman–Crippen MR) is 94.3 cm³/mol. The van der Waals surface area contributed by atoms with Gasteiger partial charge < -0.3 is 16.4 Å². The molecule has 2 atom stereocenters. The highest BCUT2D eigenvalue weighted by Crippen LogP contribution is 2.27. The molecule has 6 nitrogen and oxygen atoms in total. The molecular weight excluding hydrogens is 306 g/mol. The van der Waals surface area contributed by atoms with Crippen LogP contribution in [-0.2, 0) is 14.4 Å². The van der Waals surface area contributed by atoms with Gasteiger partial charge in [0.05, 0.1) is 6.04 Å². The first-order valence-electron chi connectivity index (χ1n) is 9.28. The maximum atomic E-state index is 12.5. The molecular formula is C18H33N3O3. The van der Waals surface area contributed by atoms with Crippen molar-refractivity contribution >= 4 is 17.6 Å². The lowest BCUT2D eigenvalue weighted by Gasteiger charge is -2.27. The number of nitrogens with two attached hydrogens (primary N) is 1. The molecule has 24 heavy (non-hydrogen) atoms. The average molecular weight is 339 g/mol. The number of nitrogens with one attached hydrogen (secondary N) is 2. The second-order valence-corrected chi connectivity index (χ2v) is 6.86. The van der Waals surface area contributed by atoms with Crippen LogP contribution in [0.15, 0.2) is 0 Å². The fraction of sp³-hybridized carbons (Fsp3) is 0.833. The Labute approximate surface area is 145 Å². The van der Waals surface area contributed by atoms with Gasteiger partial charge in [0.15, 0.2) is 5.78 Å². The molecule has 0 saturated heterocycles. The summed E-state index contributed by atoms with van der Waals surface area (Å²) in [5, 5.41) is 5.56. The normalized spacial score (nSPS) is 17.8. The van der Waals surface area contributed by atoms with E-state index in [1.807, 2.05) is 6.92 Å². The number of carbonyl (C=O) groups is 3. The van der Waals surface area contributed by atoms with Crippen molar-refractivity contribution in [2.24, 2.45) is 11.7 Å². The summed E-state index contributed by atoms with van der Waals surface area (Å²) >= 11 is 0. The maximum Gasteiger partial charge on any atom is 0.243 e. The van der Waals surface area contributed by atoms with Crippen molar-refractivity contribution in [3.05, 3.63) is 0 Å². The average Bonchev–Trinajstić information content (AvgIpc) is 2.55. The molecule has 0 bridgehead atoms. The van der Waals surface area contributed by atoms with Gasteiger partial charge in [-0.1, -0.05) is 39.0 Å². The van der Waals surface area contributed by atoms with E-state index in [9.17, 15) is 14.4 Å². The number of hydrogen-bond donors (Lipinski definition) is 3. The Bertz CT molecular complexity index is 420. The van der Waals surface area contributed by atoms with Gasteiger partial charge in [0, 0.05) is 6.42 Å². The smallest absolute Gasteiger partial charge is 0.243 e. The molecule has 1 unspecified atom stereocenters. The first kappa shape index (κ1) is 20.6. The Balaban J connectivity index is 2.62. The van der Waals surface area contributed by atoms with E-state index in [0.717, 1.165) is 19.3 Å². The van der Waals surface area contributed by atoms with E-state index in [2.05, 4.69) is 10.6 Å². The van der Waals surface area contributed by atoms with Crippen LogP contribution in [0.3, 0.4) is 0 Å². The molecule has 1 aliphatic rings. The Morgan fingerprint density at radius 1 is 1.08 bits per heavy atom. The van der Waals surface area contributed by atoms with Crippen LogP contribution in [0.4, 0.5) is 0 Å². The van der Waals surface area contributed by atoms with Crippen LogP contribution >= 0.6 is 0 Å². The molecule has 6 heteroatoms. The van der Waals surface area contributed by atoms with Crippen molar-refractivity contribution in [3.8, 4) is 0 Å². The Hall–Kier alpha value is -1.43. The molecule has 0 aromatic carbocycles. The van der Waals surface area contributed by atoms with E-state index in [0.29, 0.717) is 31.7 Å². The maximum absolute atomic E-state index is 12.5. The number of amides is 2. The molecule has 0 aromatic rings. The van der Waals surface area contributed by atoms with Gasteiger partial charge in [-0.25, -0.2) is 0 Å². The van der Waals surface area contributed by atoms with Crippen LogP contribution in [0.25, 0.3) is 0 Å². The van der Waals surface area contributed by atoms with Crippen molar-refractivity contribution in [1.29, 1.82) is 0 Å². The summed E-state index contributed by atoms with van der Waals surface area (Å²) in [6, 6.07) is -1.13. The topological polar surface area (TPSA) is 101 Å². The third-order valence-corrected chi connectivity index (χ3v) is 4.69. The zero-order valence-electron chi connectivity index (χ0n) is 15.1. The highest BCUT2D eigenvalue weighted by atomic mass is 16.2. The van der Waals surface area contributed by atoms with E-state index in [1.165, 1.54) is 26.2 Å². The molecule has 1 saturated carbocycles. The monoisotopic (exact) mass is 339 g/mol. The number of Topliss-reactive ketones (excluding diaryl/α,β-unsaturated/α-hetero) is 1. The van der Waals surface area contributed by atoms with Gasteiger partial charge in [-0.2, -0.15) is 0 Å². The van der Waals surface area contributed by atoms with Crippen molar-refractivity contribution in [1.82, 2.24) is 10.6 Å². The predicted octanol–water partition coefficient (Wildman–Crippen LogP) is 1.66. The van der Waals surface area contributed by atoms with E-state index in [1.54, 1.807) is 0 Å². The Kier molecular flexibility index (Phi) is 9.60. The SMILES string of the molecule is CCCC(=O)NC(CCN)C(=O)N[C@@H](CC1CCCCC1)C(C)=O. The molecule has 0 spiro atoms. The Morgan fingerprint density at radius 2 is 1.75 bits per heavy atom. The second kappa shape index (κ2) is 11.2. The van der Waals surface area contributed by atoms with Crippen LogP contribution in [0.1, 0.15) is 71.6 Å². The van der Waals surface area contributed by atoms with E-state index in [-0.39, 0.29) is 17.6 Å². The third-order valence-electron chi connectivity index (χ3n) is 4.69. The molecule has 1 rings (SSSR count). The lowest BCUT2D eigenvalue weighted by Crippen LogP contribution is -2.52. The first-order valence-corrected chi connectivity index (χ1v) is 9.28. The van der Waals surface area contributed by atoms with Crippen molar-refractivity contribution in [3.63, 3.8) is 0 Å². The fourth-order valence-corrected chi connectivity index (χ4v) is 3.28. The summed E-state index contributed by atoms with van der Waals surface area (Å²) in [4.78, 5) is 36.2. The van der Waals surface area contributed by atoms with Crippen LogP contribution < -0.4 is 16.4 Å². The van der Waals surface area contributed by atoms with E-state index >= 15 is 0 Å². The molecule has 0 heterocycles. The molecule has 2 amide bonds. The minimum absolute atomic E-state index is 0.0275. The summed E-state index contributed by atoms with van der Waals surface area (Å²) in [5.74, 6) is 0.00886.